The molecule has 2 unspecified atom stereocenters. The normalized spacial score (nSPS) is 23.2. The number of nitrogens with two attached hydrogens (primary N) is 1. The minimum atomic E-state index is -4.40. The maximum Gasteiger partial charge on any atom is 0.416 e. The van der Waals surface area contributed by atoms with Crippen LogP contribution in [0.2, 0.25) is 0 Å². The quantitative estimate of drug-likeness (QED) is 0.813. The fourth-order valence-electron chi connectivity index (χ4n) is 3.04. The average molecular weight is 301 g/mol. The zero-order chi connectivity index (χ0) is 15.5. The van der Waals surface area contributed by atoms with Gasteiger partial charge in [-0.05, 0) is 36.5 Å². The summed E-state index contributed by atoms with van der Waals surface area (Å²) in [6.45, 7) is 2.10. The summed E-state index contributed by atoms with van der Waals surface area (Å²) in [5, 5.41) is 0. The molecule has 2 rings (SSSR count). The second-order valence-corrected chi connectivity index (χ2v) is 5.72. The van der Waals surface area contributed by atoms with Crippen LogP contribution in [-0.2, 0) is 17.5 Å². The Morgan fingerprint density at radius 1 is 1.24 bits per heavy atom. The van der Waals surface area contributed by atoms with E-state index >= 15 is 0 Å². The number of benzene rings is 1. The second-order valence-electron chi connectivity index (χ2n) is 5.72. The van der Waals surface area contributed by atoms with E-state index in [1.54, 1.807) is 0 Å². The van der Waals surface area contributed by atoms with E-state index in [0.29, 0.717) is 5.92 Å². The first-order chi connectivity index (χ1) is 9.91. The molecule has 0 heterocycles. The molecule has 0 bridgehead atoms. The van der Waals surface area contributed by atoms with Gasteiger partial charge in [-0.2, -0.15) is 13.2 Å². The van der Waals surface area contributed by atoms with Gasteiger partial charge in [0, 0.05) is 5.69 Å². The smallest absolute Gasteiger partial charge is 0.399 e. The van der Waals surface area contributed by atoms with Crippen LogP contribution in [0.3, 0.4) is 0 Å². The van der Waals surface area contributed by atoms with Crippen LogP contribution in [0, 0.1) is 5.92 Å². The Bertz CT molecular complexity index is 473. The fraction of sp³-hybridized carbons (Fsp3) is 0.625. The number of halogens is 3. The minimum absolute atomic E-state index is 0.00368. The van der Waals surface area contributed by atoms with E-state index in [4.69, 9.17) is 10.5 Å². The summed E-state index contributed by atoms with van der Waals surface area (Å²) < 4.78 is 44.9. The third-order valence-electron chi connectivity index (χ3n) is 4.26. The van der Waals surface area contributed by atoms with Crippen LogP contribution in [-0.4, -0.2) is 6.10 Å². The van der Waals surface area contributed by atoms with Crippen molar-refractivity contribution in [2.24, 2.45) is 5.92 Å². The predicted molar refractivity (Wildman–Crippen MR) is 76.7 cm³/mol. The number of hydrogen-bond donors (Lipinski definition) is 1. The molecule has 0 amide bonds. The highest BCUT2D eigenvalue weighted by Gasteiger charge is 2.34. The first-order valence-electron chi connectivity index (χ1n) is 7.49. The molecule has 0 aromatic heterocycles. The van der Waals surface area contributed by atoms with Gasteiger partial charge in [-0.15, -0.1) is 0 Å². The molecule has 0 aliphatic heterocycles. The molecular formula is C16H22F3NO. The van der Waals surface area contributed by atoms with Crippen LogP contribution in [0.4, 0.5) is 18.9 Å². The van der Waals surface area contributed by atoms with E-state index in [0.717, 1.165) is 31.7 Å². The number of rotatable bonds is 4. The number of alkyl halides is 3. The molecule has 1 aliphatic rings. The Balaban J connectivity index is 2.09. The van der Waals surface area contributed by atoms with Gasteiger partial charge in [0.25, 0.3) is 0 Å². The monoisotopic (exact) mass is 301 g/mol. The van der Waals surface area contributed by atoms with Crippen LogP contribution in [0.25, 0.3) is 0 Å². The van der Waals surface area contributed by atoms with Crippen molar-refractivity contribution in [3.63, 3.8) is 0 Å². The molecule has 5 heteroatoms. The third-order valence-corrected chi connectivity index (χ3v) is 4.26. The van der Waals surface area contributed by atoms with E-state index in [-0.39, 0.29) is 24.0 Å². The zero-order valence-electron chi connectivity index (χ0n) is 12.2. The summed E-state index contributed by atoms with van der Waals surface area (Å²) in [6, 6.07) is 3.89. The molecule has 0 radical (unpaired) electrons. The summed E-state index contributed by atoms with van der Waals surface area (Å²) in [5.74, 6) is 0.460. The molecular weight excluding hydrogens is 279 g/mol. The van der Waals surface area contributed by atoms with Crippen molar-refractivity contribution in [1.29, 1.82) is 0 Å². The van der Waals surface area contributed by atoms with Gasteiger partial charge in [-0.25, -0.2) is 0 Å². The van der Waals surface area contributed by atoms with E-state index in [1.807, 2.05) is 0 Å². The fourth-order valence-corrected chi connectivity index (χ4v) is 3.04. The first-order valence-corrected chi connectivity index (χ1v) is 7.49. The van der Waals surface area contributed by atoms with Crippen LogP contribution >= 0.6 is 0 Å². The van der Waals surface area contributed by atoms with Crippen molar-refractivity contribution in [2.45, 2.75) is 57.9 Å². The van der Waals surface area contributed by atoms with Crippen LogP contribution < -0.4 is 5.73 Å². The highest BCUT2D eigenvalue weighted by molar-refractivity contribution is 5.45. The number of anilines is 1. The van der Waals surface area contributed by atoms with E-state index in [1.165, 1.54) is 18.6 Å². The van der Waals surface area contributed by atoms with E-state index < -0.39 is 11.7 Å². The first kappa shape index (κ1) is 16.1. The summed E-state index contributed by atoms with van der Waals surface area (Å²) in [7, 11) is 0. The Morgan fingerprint density at radius 2 is 1.95 bits per heavy atom. The Morgan fingerprint density at radius 3 is 2.62 bits per heavy atom. The van der Waals surface area contributed by atoms with Crippen molar-refractivity contribution in [1.82, 2.24) is 0 Å². The highest BCUT2D eigenvalue weighted by atomic mass is 19.4. The van der Waals surface area contributed by atoms with Crippen molar-refractivity contribution >= 4 is 5.69 Å². The highest BCUT2D eigenvalue weighted by Crippen LogP contribution is 2.35. The molecule has 1 saturated carbocycles. The zero-order valence-corrected chi connectivity index (χ0v) is 12.2. The molecule has 2 atom stereocenters. The minimum Gasteiger partial charge on any atom is -0.399 e. The summed E-state index contributed by atoms with van der Waals surface area (Å²) >= 11 is 0. The summed E-state index contributed by atoms with van der Waals surface area (Å²) in [4.78, 5) is 0. The second kappa shape index (κ2) is 6.69. The number of hydrogen-bond acceptors (Lipinski definition) is 2. The van der Waals surface area contributed by atoms with Crippen LogP contribution in [0.1, 0.15) is 50.2 Å². The molecule has 118 valence electrons. The maximum absolute atomic E-state index is 13.0. The van der Waals surface area contributed by atoms with Gasteiger partial charge in [-0.3, -0.25) is 0 Å². The molecule has 1 aromatic carbocycles. The maximum atomic E-state index is 13.0. The summed E-state index contributed by atoms with van der Waals surface area (Å²) in [5.41, 5.74) is 5.06. The van der Waals surface area contributed by atoms with Crippen molar-refractivity contribution in [3.8, 4) is 0 Å². The van der Waals surface area contributed by atoms with E-state index in [9.17, 15) is 13.2 Å². The van der Waals surface area contributed by atoms with Crippen LogP contribution in [0.15, 0.2) is 18.2 Å². The molecule has 21 heavy (non-hydrogen) atoms. The van der Waals surface area contributed by atoms with Gasteiger partial charge in [0.2, 0.25) is 0 Å². The van der Waals surface area contributed by atoms with Gasteiger partial charge in [0.05, 0.1) is 18.3 Å². The Labute approximate surface area is 123 Å². The van der Waals surface area contributed by atoms with Gasteiger partial charge < -0.3 is 10.5 Å². The number of ether oxygens (including phenoxy) is 1. The van der Waals surface area contributed by atoms with Crippen molar-refractivity contribution in [3.05, 3.63) is 29.3 Å². The predicted octanol–water partition coefficient (Wildman–Crippen LogP) is 4.77. The van der Waals surface area contributed by atoms with Gasteiger partial charge in [-0.1, -0.05) is 32.3 Å². The third kappa shape index (κ3) is 4.13. The topological polar surface area (TPSA) is 35.2 Å². The Hall–Kier alpha value is -1.23. The SMILES string of the molecule is CCC1CCCCC1OCc1ccc(N)cc1C(F)(F)F. The molecule has 1 fully saturated rings. The molecule has 1 aliphatic carbocycles. The van der Waals surface area contributed by atoms with Crippen LogP contribution in [0.5, 0.6) is 0 Å². The van der Waals surface area contributed by atoms with Crippen molar-refractivity contribution in [2.75, 3.05) is 5.73 Å². The Kier molecular flexibility index (Phi) is 5.14. The standard InChI is InChI=1S/C16H22F3NO/c1-2-11-5-3-4-6-15(11)21-10-12-7-8-13(20)9-14(12)16(17,18)19/h7-9,11,15H,2-6,10,20H2,1H3. The lowest BCUT2D eigenvalue weighted by Gasteiger charge is -2.31. The molecule has 0 saturated heterocycles. The van der Waals surface area contributed by atoms with Gasteiger partial charge in [0.15, 0.2) is 0 Å². The lowest BCUT2D eigenvalue weighted by Crippen LogP contribution is -2.27. The number of nitrogen functional groups attached to an aromatic ring is 1. The lowest BCUT2D eigenvalue weighted by molar-refractivity contribution is -0.139. The molecule has 2 nitrogen and oxygen atoms in total. The average Bonchev–Trinajstić information content (AvgIpc) is 2.45. The summed E-state index contributed by atoms with van der Waals surface area (Å²) in [6.07, 6.45) is 1.01. The molecule has 2 N–H and O–H groups in total. The lowest BCUT2D eigenvalue weighted by atomic mass is 9.85. The van der Waals surface area contributed by atoms with E-state index in [2.05, 4.69) is 6.92 Å². The molecule has 1 aromatic rings. The largest absolute Gasteiger partial charge is 0.416 e. The van der Waals surface area contributed by atoms with Gasteiger partial charge >= 0.3 is 6.18 Å². The molecule has 0 spiro atoms. The van der Waals surface area contributed by atoms with Crippen molar-refractivity contribution < 1.29 is 17.9 Å². The van der Waals surface area contributed by atoms with Gasteiger partial charge in [0.1, 0.15) is 0 Å².